The van der Waals surface area contributed by atoms with Crippen molar-refractivity contribution in [1.82, 2.24) is 9.62 Å². The van der Waals surface area contributed by atoms with Crippen LogP contribution in [0.5, 0.6) is 0 Å². The Morgan fingerprint density at radius 2 is 1.62 bits per heavy atom. The Morgan fingerprint density at radius 3 is 2.09 bits per heavy atom. The van der Waals surface area contributed by atoms with Crippen molar-refractivity contribution in [2.24, 2.45) is 5.92 Å². The van der Waals surface area contributed by atoms with Crippen LogP contribution in [-0.2, 0) is 24.4 Å². The number of halogens is 3. The lowest BCUT2D eigenvalue weighted by molar-refractivity contribution is -0.192. The number of unbranched alkanes of at least 4 members (excludes halogenated alkanes) is 1. The molecule has 1 aliphatic heterocycles. The molecule has 1 amide bonds. The Bertz CT molecular complexity index is 698. The van der Waals surface area contributed by atoms with Gasteiger partial charge in [-0.2, -0.15) is 13.2 Å². The molecule has 0 aromatic rings. The van der Waals surface area contributed by atoms with E-state index in [1.807, 2.05) is 6.92 Å². The Labute approximate surface area is 193 Å². The number of alkyl halides is 3. The summed E-state index contributed by atoms with van der Waals surface area (Å²) in [6.07, 6.45) is -2.28. The van der Waals surface area contributed by atoms with E-state index in [0.29, 0.717) is 44.6 Å². The Kier molecular flexibility index (Phi) is 15.0. The molecule has 1 fully saturated rings. The smallest absolute Gasteiger partial charge is 0.481 e. The number of hydrogen-bond donors (Lipinski definition) is 3. The van der Waals surface area contributed by atoms with Crippen molar-refractivity contribution < 1.29 is 46.2 Å². The van der Waals surface area contributed by atoms with Crippen LogP contribution in [0.1, 0.15) is 39.0 Å². The number of carboxylic acid groups (broad SMARTS) is 2. The molecule has 0 saturated carbocycles. The second kappa shape index (κ2) is 15.6. The molecular formula is C17H29F3N2O7S3. The van der Waals surface area contributed by atoms with Crippen molar-refractivity contribution in [2.75, 3.05) is 36.9 Å². The molecule has 1 rings (SSSR count). The molecule has 3 N–H and O–H groups in total. The number of carbonyl (C=O) groups excluding carboxylic acids is 1. The summed E-state index contributed by atoms with van der Waals surface area (Å²) in [5.74, 6) is -2.22. The van der Waals surface area contributed by atoms with Gasteiger partial charge in [-0.1, -0.05) is 34.9 Å². The van der Waals surface area contributed by atoms with Crippen LogP contribution in [0.2, 0.25) is 0 Å². The predicted octanol–water partition coefficient (Wildman–Crippen LogP) is 2.43. The second-order valence-corrected chi connectivity index (χ2v) is 11.5. The third kappa shape index (κ3) is 14.1. The van der Waals surface area contributed by atoms with Crippen LogP contribution in [0.4, 0.5) is 13.2 Å². The first kappa shape index (κ1) is 30.8. The molecular weight excluding hydrogens is 497 g/mol. The van der Waals surface area contributed by atoms with Gasteiger partial charge in [0.2, 0.25) is 15.9 Å². The SMILES string of the molecule is CCCCS(=O)(=O)N1CCC(C(=O)NCCSSCCC(=O)O)CC1.O=C(O)C(F)(F)F. The van der Waals surface area contributed by atoms with Gasteiger partial charge in [-0.05, 0) is 19.3 Å². The van der Waals surface area contributed by atoms with Crippen LogP contribution >= 0.6 is 21.6 Å². The highest BCUT2D eigenvalue weighted by atomic mass is 33.1. The summed E-state index contributed by atoms with van der Waals surface area (Å²) in [4.78, 5) is 31.4. The zero-order valence-electron chi connectivity index (χ0n) is 17.6. The van der Waals surface area contributed by atoms with Crippen molar-refractivity contribution in [3.8, 4) is 0 Å². The first-order valence-corrected chi connectivity index (χ1v) is 13.9. The maximum absolute atomic E-state index is 12.1. The monoisotopic (exact) mass is 526 g/mol. The molecule has 0 aromatic carbocycles. The van der Waals surface area contributed by atoms with Gasteiger partial charge in [0.05, 0.1) is 12.2 Å². The fourth-order valence-corrected chi connectivity index (χ4v) is 6.02. The van der Waals surface area contributed by atoms with E-state index < -0.39 is 28.1 Å². The summed E-state index contributed by atoms with van der Waals surface area (Å²) in [7, 11) is -0.141. The Morgan fingerprint density at radius 1 is 1.09 bits per heavy atom. The largest absolute Gasteiger partial charge is 0.490 e. The zero-order valence-corrected chi connectivity index (χ0v) is 20.0. The van der Waals surface area contributed by atoms with Crippen LogP contribution in [0.3, 0.4) is 0 Å². The maximum Gasteiger partial charge on any atom is 0.490 e. The molecule has 1 heterocycles. The zero-order chi connectivity index (χ0) is 24.8. The molecule has 0 spiro atoms. The molecule has 0 bridgehead atoms. The average Bonchev–Trinajstić information content (AvgIpc) is 2.71. The summed E-state index contributed by atoms with van der Waals surface area (Å²) < 4.78 is 57.5. The number of sulfonamides is 1. The number of carboxylic acids is 2. The number of hydrogen-bond acceptors (Lipinski definition) is 7. The third-order valence-electron chi connectivity index (χ3n) is 4.18. The topological polar surface area (TPSA) is 141 Å². The van der Waals surface area contributed by atoms with Gasteiger partial charge >= 0.3 is 18.1 Å². The maximum atomic E-state index is 12.1. The number of aliphatic carboxylic acids is 2. The first-order chi connectivity index (χ1) is 14.8. The van der Waals surface area contributed by atoms with E-state index in [4.69, 9.17) is 15.0 Å². The minimum Gasteiger partial charge on any atom is -0.481 e. The summed E-state index contributed by atoms with van der Waals surface area (Å²) in [5.41, 5.74) is 0. The molecule has 15 heteroatoms. The van der Waals surface area contributed by atoms with Gasteiger partial charge in [0.25, 0.3) is 0 Å². The third-order valence-corrected chi connectivity index (χ3v) is 8.55. The fourth-order valence-electron chi connectivity index (χ4n) is 2.46. The number of nitrogens with zero attached hydrogens (tertiary/aromatic N) is 1. The Balaban J connectivity index is 0.00000118. The predicted molar refractivity (Wildman–Crippen MR) is 117 cm³/mol. The normalized spacial score (nSPS) is 15.5. The number of rotatable bonds is 12. The number of amides is 1. The van der Waals surface area contributed by atoms with Crippen LogP contribution in [0, 0.1) is 5.92 Å². The molecule has 0 unspecified atom stereocenters. The van der Waals surface area contributed by atoms with E-state index >= 15 is 0 Å². The molecule has 0 aliphatic carbocycles. The Hall–Kier alpha value is -1.19. The lowest BCUT2D eigenvalue weighted by Gasteiger charge is -2.30. The summed E-state index contributed by atoms with van der Waals surface area (Å²) >= 11 is 0. The van der Waals surface area contributed by atoms with Gasteiger partial charge in [0, 0.05) is 37.1 Å². The van der Waals surface area contributed by atoms with E-state index in [1.165, 1.54) is 15.1 Å². The van der Waals surface area contributed by atoms with Gasteiger partial charge in [-0.15, -0.1) is 0 Å². The molecule has 1 saturated heterocycles. The molecule has 188 valence electrons. The quantitative estimate of drug-likeness (QED) is 0.258. The van der Waals surface area contributed by atoms with Crippen molar-refractivity contribution in [3.05, 3.63) is 0 Å². The van der Waals surface area contributed by atoms with Gasteiger partial charge < -0.3 is 15.5 Å². The molecule has 1 aliphatic rings. The first-order valence-electron chi connectivity index (χ1n) is 9.83. The molecule has 0 aromatic heterocycles. The number of carbonyl (C=O) groups is 3. The average molecular weight is 527 g/mol. The fraction of sp³-hybridized carbons (Fsp3) is 0.824. The van der Waals surface area contributed by atoms with Gasteiger partial charge in [-0.25, -0.2) is 17.5 Å². The van der Waals surface area contributed by atoms with Crippen LogP contribution in [0.25, 0.3) is 0 Å². The van der Waals surface area contributed by atoms with E-state index in [2.05, 4.69) is 5.32 Å². The lowest BCUT2D eigenvalue weighted by Crippen LogP contribution is -2.44. The summed E-state index contributed by atoms with van der Waals surface area (Å²) in [6.45, 7) is 3.35. The van der Waals surface area contributed by atoms with Crippen LogP contribution < -0.4 is 5.32 Å². The van der Waals surface area contributed by atoms with Crippen LogP contribution in [-0.4, -0.2) is 83.9 Å². The highest BCUT2D eigenvalue weighted by Gasteiger charge is 2.38. The van der Waals surface area contributed by atoms with Gasteiger partial charge in [0.1, 0.15) is 0 Å². The van der Waals surface area contributed by atoms with E-state index in [1.54, 1.807) is 10.8 Å². The lowest BCUT2D eigenvalue weighted by atomic mass is 9.97. The minimum atomic E-state index is -5.08. The standard InChI is InChI=1S/C15H28N2O5S3.C2HF3O2/c1-2-3-12-25(21,22)17-8-4-13(5-9-17)15(20)16-7-11-24-23-10-6-14(18)19;3-2(4,5)1(6)7/h13H,2-12H2,1H3,(H,16,20)(H,18,19);(H,6,7). The molecule has 0 atom stereocenters. The van der Waals surface area contributed by atoms with E-state index in [9.17, 15) is 31.2 Å². The highest BCUT2D eigenvalue weighted by molar-refractivity contribution is 8.76. The minimum absolute atomic E-state index is 0.0123. The molecule has 9 nitrogen and oxygen atoms in total. The molecule has 0 radical (unpaired) electrons. The van der Waals surface area contributed by atoms with Gasteiger partial charge in [-0.3, -0.25) is 9.59 Å². The highest BCUT2D eigenvalue weighted by Crippen LogP contribution is 2.22. The van der Waals surface area contributed by atoms with Crippen molar-refractivity contribution >= 4 is 49.5 Å². The van der Waals surface area contributed by atoms with E-state index in [0.717, 1.165) is 12.2 Å². The van der Waals surface area contributed by atoms with Crippen molar-refractivity contribution in [1.29, 1.82) is 0 Å². The summed E-state index contributed by atoms with van der Waals surface area (Å²) in [5, 5.41) is 18.5. The number of piperidine rings is 1. The van der Waals surface area contributed by atoms with Crippen LogP contribution in [0.15, 0.2) is 0 Å². The summed E-state index contributed by atoms with van der Waals surface area (Å²) in [6, 6.07) is 0. The van der Waals surface area contributed by atoms with Crippen molar-refractivity contribution in [3.63, 3.8) is 0 Å². The second-order valence-electron chi connectivity index (χ2n) is 6.72. The van der Waals surface area contributed by atoms with Gasteiger partial charge in [0.15, 0.2) is 0 Å². The van der Waals surface area contributed by atoms with Crippen molar-refractivity contribution in [2.45, 2.75) is 45.2 Å². The molecule has 32 heavy (non-hydrogen) atoms. The van der Waals surface area contributed by atoms with E-state index in [-0.39, 0.29) is 24.0 Å². The number of nitrogens with one attached hydrogen (secondary N) is 1.